The predicted octanol–water partition coefficient (Wildman–Crippen LogP) is 4.73. The maximum Gasteiger partial charge on any atom is 0.296 e. The standard InChI is InChI=1S/C22H12ClFN2O3/c23-13-6-9-17(25-11-13)26-19(12-4-2-1-3-5-12)18-20(27)15-10-14(24)7-8-16(15)29-21(18)22(26)28/h1-11,19H. The quantitative estimate of drug-likeness (QED) is 0.482. The van der Waals surface area contributed by atoms with E-state index >= 15 is 0 Å². The molecule has 1 aliphatic rings. The molecule has 29 heavy (non-hydrogen) atoms. The molecule has 2 aromatic carbocycles. The van der Waals surface area contributed by atoms with Crippen LogP contribution in [0.25, 0.3) is 11.0 Å². The van der Waals surface area contributed by atoms with Gasteiger partial charge in [-0.05, 0) is 35.9 Å². The van der Waals surface area contributed by atoms with Gasteiger partial charge in [-0.3, -0.25) is 14.5 Å². The summed E-state index contributed by atoms with van der Waals surface area (Å²) in [4.78, 5) is 32.2. The molecule has 0 radical (unpaired) electrons. The minimum atomic E-state index is -0.753. The van der Waals surface area contributed by atoms with E-state index in [-0.39, 0.29) is 22.3 Å². The summed E-state index contributed by atoms with van der Waals surface area (Å²) in [6.45, 7) is 0. The van der Waals surface area contributed by atoms with Crippen molar-refractivity contribution >= 4 is 34.3 Å². The zero-order valence-electron chi connectivity index (χ0n) is 14.8. The number of carbonyl (C=O) groups excluding carboxylic acids is 1. The Kier molecular flexibility index (Phi) is 3.96. The van der Waals surface area contributed by atoms with Crippen molar-refractivity contribution in [3.63, 3.8) is 0 Å². The minimum Gasteiger partial charge on any atom is -0.450 e. The Balaban J connectivity index is 1.82. The van der Waals surface area contributed by atoms with E-state index in [1.165, 1.54) is 23.2 Å². The van der Waals surface area contributed by atoms with E-state index in [1.54, 1.807) is 12.1 Å². The predicted molar refractivity (Wildman–Crippen MR) is 107 cm³/mol. The van der Waals surface area contributed by atoms with E-state index in [4.69, 9.17) is 16.0 Å². The van der Waals surface area contributed by atoms with E-state index in [9.17, 15) is 14.0 Å². The topological polar surface area (TPSA) is 63.4 Å². The van der Waals surface area contributed by atoms with Crippen LogP contribution in [-0.2, 0) is 0 Å². The summed E-state index contributed by atoms with van der Waals surface area (Å²) in [5.41, 5.74) is 0.580. The molecule has 3 heterocycles. The Labute approximate surface area is 169 Å². The van der Waals surface area contributed by atoms with Gasteiger partial charge in [-0.15, -0.1) is 0 Å². The molecular weight excluding hydrogens is 395 g/mol. The summed E-state index contributed by atoms with van der Waals surface area (Å²) < 4.78 is 19.5. The average Bonchev–Trinajstić information content (AvgIpc) is 3.03. The summed E-state index contributed by atoms with van der Waals surface area (Å²) in [7, 11) is 0. The van der Waals surface area contributed by atoms with E-state index in [1.807, 2.05) is 30.3 Å². The lowest BCUT2D eigenvalue weighted by molar-refractivity contribution is 0.0970. The Morgan fingerprint density at radius 2 is 1.83 bits per heavy atom. The second-order valence-corrected chi connectivity index (χ2v) is 7.07. The summed E-state index contributed by atoms with van der Waals surface area (Å²) in [6, 6.07) is 15.2. The lowest BCUT2D eigenvalue weighted by Crippen LogP contribution is -2.30. The molecule has 1 amide bonds. The van der Waals surface area contributed by atoms with Crippen LogP contribution in [0.15, 0.2) is 76.1 Å². The van der Waals surface area contributed by atoms with Crippen LogP contribution in [0.4, 0.5) is 10.2 Å². The first-order valence-electron chi connectivity index (χ1n) is 8.81. The SMILES string of the molecule is O=C1c2oc3ccc(F)cc3c(=O)c2C(c2ccccc2)N1c1ccc(Cl)cn1. The van der Waals surface area contributed by atoms with E-state index in [0.29, 0.717) is 16.4 Å². The lowest BCUT2D eigenvalue weighted by atomic mass is 9.98. The molecule has 5 nitrogen and oxygen atoms in total. The smallest absolute Gasteiger partial charge is 0.296 e. The molecule has 4 aromatic rings. The molecule has 7 heteroatoms. The van der Waals surface area contributed by atoms with Crippen LogP contribution in [0.5, 0.6) is 0 Å². The highest BCUT2D eigenvalue weighted by molar-refractivity contribution is 6.30. The van der Waals surface area contributed by atoms with Crippen LogP contribution in [-0.4, -0.2) is 10.9 Å². The van der Waals surface area contributed by atoms with Crippen molar-refractivity contribution in [3.05, 3.63) is 105 Å². The molecule has 5 rings (SSSR count). The number of hydrogen-bond acceptors (Lipinski definition) is 4. The molecule has 0 saturated carbocycles. The number of hydrogen-bond donors (Lipinski definition) is 0. The third-order valence-electron chi connectivity index (χ3n) is 4.91. The van der Waals surface area contributed by atoms with E-state index in [2.05, 4.69) is 4.98 Å². The summed E-state index contributed by atoms with van der Waals surface area (Å²) in [5, 5.41) is 0.507. The van der Waals surface area contributed by atoms with Crippen molar-refractivity contribution in [2.75, 3.05) is 4.90 Å². The van der Waals surface area contributed by atoms with Crippen molar-refractivity contribution in [3.8, 4) is 0 Å². The fourth-order valence-corrected chi connectivity index (χ4v) is 3.75. The fourth-order valence-electron chi connectivity index (χ4n) is 3.64. The number of pyridine rings is 1. The van der Waals surface area contributed by atoms with Crippen LogP contribution < -0.4 is 10.3 Å². The fraction of sp³-hybridized carbons (Fsp3) is 0.0455. The van der Waals surface area contributed by atoms with Gasteiger partial charge in [0.25, 0.3) is 5.91 Å². The van der Waals surface area contributed by atoms with Crippen molar-refractivity contribution in [2.24, 2.45) is 0 Å². The van der Waals surface area contributed by atoms with Gasteiger partial charge in [-0.2, -0.15) is 0 Å². The van der Waals surface area contributed by atoms with E-state index < -0.39 is 23.2 Å². The molecule has 1 aliphatic heterocycles. The highest BCUT2D eigenvalue weighted by atomic mass is 35.5. The van der Waals surface area contributed by atoms with Gasteiger partial charge >= 0.3 is 0 Å². The Morgan fingerprint density at radius 3 is 2.55 bits per heavy atom. The van der Waals surface area contributed by atoms with E-state index in [0.717, 1.165) is 6.07 Å². The van der Waals surface area contributed by atoms with Gasteiger partial charge in [0.1, 0.15) is 17.2 Å². The monoisotopic (exact) mass is 406 g/mol. The van der Waals surface area contributed by atoms with Gasteiger partial charge in [0.2, 0.25) is 5.76 Å². The van der Waals surface area contributed by atoms with Crippen molar-refractivity contribution in [1.82, 2.24) is 4.98 Å². The molecule has 1 atom stereocenters. The molecule has 0 spiro atoms. The Bertz CT molecular complexity index is 1320. The molecule has 0 bridgehead atoms. The number of amides is 1. The van der Waals surface area contributed by atoms with Crippen LogP contribution in [0.1, 0.15) is 27.7 Å². The molecule has 1 unspecified atom stereocenters. The summed E-state index contributed by atoms with van der Waals surface area (Å²) >= 11 is 5.94. The van der Waals surface area contributed by atoms with Gasteiger partial charge in [-0.25, -0.2) is 9.37 Å². The third-order valence-corrected chi connectivity index (χ3v) is 5.13. The van der Waals surface area contributed by atoms with Crippen LogP contribution in [0.3, 0.4) is 0 Å². The number of rotatable bonds is 2. The molecular formula is C22H12ClFN2O3. The third kappa shape index (κ3) is 2.72. The number of aromatic nitrogens is 1. The van der Waals surface area contributed by atoms with Crippen LogP contribution in [0, 0.1) is 5.82 Å². The first-order chi connectivity index (χ1) is 14.0. The van der Waals surface area contributed by atoms with Gasteiger partial charge in [-0.1, -0.05) is 41.9 Å². The van der Waals surface area contributed by atoms with Gasteiger partial charge in [0.15, 0.2) is 5.43 Å². The molecule has 0 saturated heterocycles. The molecule has 2 aromatic heterocycles. The largest absolute Gasteiger partial charge is 0.450 e. The number of fused-ring (bicyclic) bond motifs is 2. The number of anilines is 1. The molecule has 0 aliphatic carbocycles. The minimum absolute atomic E-state index is 0.0697. The summed E-state index contributed by atoms with van der Waals surface area (Å²) in [5.74, 6) is -0.789. The zero-order valence-corrected chi connectivity index (χ0v) is 15.6. The van der Waals surface area contributed by atoms with Gasteiger partial charge < -0.3 is 4.42 Å². The van der Waals surface area contributed by atoms with Crippen molar-refractivity contribution in [2.45, 2.75) is 6.04 Å². The number of benzene rings is 2. The van der Waals surface area contributed by atoms with Gasteiger partial charge in [0, 0.05) is 6.20 Å². The first kappa shape index (κ1) is 17.6. The first-order valence-corrected chi connectivity index (χ1v) is 9.19. The lowest BCUT2D eigenvalue weighted by Gasteiger charge is -2.24. The Hall–Kier alpha value is -3.51. The molecule has 0 N–H and O–H groups in total. The number of nitrogens with zero attached hydrogens (tertiary/aromatic N) is 2. The molecule has 142 valence electrons. The van der Waals surface area contributed by atoms with Crippen LogP contribution >= 0.6 is 11.6 Å². The van der Waals surface area contributed by atoms with Gasteiger partial charge in [0.05, 0.1) is 22.0 Å². The highest BCUT2D eigenvalue weighted by Crippen LogP contribution is 2.40. The number of halogens is 2. The molecule has 0 fully saturated rings. The van der Waals surface area contributed by atoms with Crippen molar-refractivity contribution < 1.29 is 13.6 Å². The van der Waals surface area contributed by atoms with Crippen molar-refractivity contribution in [1.29, 1.82) is 0 Å². The maximum absolute atomic E-state index is 13.8. The number of carbonyl (C=O) groups is 1. The second-order valence-electron chi connectivity index (χ2n) is 6.64. The van der Waals surface area contributed by atoms with Crippen LogP contribution in [0.2, 0.25) is 5.02 Å². The maximum atomic E-state index is 13.8. The summed E-state index contributed by atoms with van der Waals surface area (Å²) in [6.07, 6.45) is 1.43. The second kappa shape index (κ2) is 6.53. The Morgan fingerprint density at radius 1 is 1.03 bits per heavy atom. The average molecular weight is 407 g/mol. The normalized spacial score (nSPS) is 15.7. The zero-order chi connectivity index (χ0) is 20.1. The highest BCUT2D eigenvalue weighted by Gasteiger charge is 2.44.